The number of aryl methyl sites for hydroxylation is 1. The van der Waals surface area contributed by atoms with E-state index < -0.39 is 5.91 Å². The van der Waals surface area contributed by atoms with Crippen LogP contribution >= 0.6 is 0 Å². The minimum atomic E-state index is -0.442. The van der Waals surface area contributed by atoms with E-state index in [4.69, 9.17) is 10.7 Å². The number of para-hydroxylation sites is 2. The smallest absolute Gasteiger partial charge is 0.248 e. The third-order valence-electron chi connectivity index (χ3n) is 4.06. The summed E-state index contributed by atoms with van der Waals surface area (Å²) in [6, 6.07) is 15.1. The molecule has 0 radical (unpaired) electrons. The Morgan fingerprint density at radius 1 is 1.04 bits per heavy atom. The van der Waals surface area contributed by atoms with E-state index in [1.807, 2.05) is 58.8 Å². The predicted octanol–water partition coefficient (Wildman–Crippen LogP) is 2.52. The van der Waals surface area contributed by atoms with Gasteiger partial charge in [0.1, 0.15) is 0 Å². The summed E-state index contributed by atoms with van der Waals surface area (Å²) in [4.78, 5) is 20.4. The number of nitrogens with two attached hydrogens (primary N) is 1. The Balaban J connectivity index is 1.84. The van der Waals surface area contributed by atoms with Gasteiger partial charge in [0, 0.05) is 30.7 Å². The summed E-state index contributed by atoms with van der Waals surface area (Å²) in [5.41, 5.74) is 8.63. The average Bonchev–Trinajstić information content (AvgIpc) is 3.20. The number of benzene rings is 2. The summed E-state index contributed by atoms with van der Waals surface area (Å²) < 4.78 is 3.96. The van der Waals surface area contributed by atoms with E-state index in [0.29, 0.717) is 5.56 Å². The monoisotopic (exact) mass is 317 g/mol. The van der Waals surface area contributed by atoms with Gasteiger partial charge in [-0.15, -0.1) is 0 Å². The lowest BCUT2D eigenvalue weighted by molar-refractivity contribution is 0.100. The van der Waals surface area contributed by atoms with E-state index in [1.165, 1.54) is 0 Å². The molecule has 2 aromatic carbocycles. The summed E-state index contributed by atoms with van der Waals surface area (Å²) in [6.07, 6.45) is 3.60. The van der Waals surface area contributed by atoms with Crippen molar-refractivity contribution in [2.75, 3.05) is 0 Å². The van der Waals surface area contributed by atoms with Gasteiger partial charge in [-0.25, -0.2) is 9.97 Å². The maximum absolute atomic E-state index is 11.2. The first-order valence-electron chi connectivity index (χ1n) is 7.50. The second kappa shape index (κ2) is 5.34. The second-order valence-corrected chi connectivity index (χ2v) is 5.52. The third kappa shape index (κ3) is 2.16. The van der Waals surface area contributed by atoms with Crippen molar-refractivity contribution < 1.29 is 4.79 Å². The zero-order chi connectivity index (χ0) is 16.7. The highest BCUT2D eigenvalue weighted by Gasteiger charge is 2.15. The molecule has 0 aliphatic rings. The molecule has 24 heavy (non-hydrogen) atoms. The highest BCUT2D eigenvalue weighted by molar-refractivity contribution is 5.92. The lowest BCUT2D eigenvalue weighted by Gasteiger charge is -2.08. The Bertz CT molecular complexity index is 1040. The van der Waals surface area contributed by atoms with Crippen molar-refractivity contribution in [3.8, 4) is 17.3 Å². The molecule has 6 nitrogen and oxygen atoms in total. The van der Waals surface area contributed by atoms with E-state index >= 15 is 0 Å². The van der Waals surface area contributed by atoms with E-state index in [9.17, 15) is 4.79 Å². The highest BCUT2D eigenvalue weighted by Crippen LogP contribution is 2.24. The molecule has 0 saturated carbocycles. The molecule has 0 bridgehead atoms. The predicted molar refractivity (Wildman–Crippen MR) is 91.8 cm³/mol. The molecule has 4 aromatic rings. The molecule has 2 heterocycles. The fraction of sp³-hybridized carbons (Fsp3) is 0.0556. The molecule has 118 valence electrons. The number of rotatable bonds is 3. The van der Waals surface area contributed by atoms with E-state index in [1.54, 1.807) is 18.3 Å². The Hall–Kier alpha value is -3.41. The molecule has 1 amide bonds. The second-order valence-electron chi connectivity index (χ2n) is 5.52. The Morgan fingerprint density at radius 2 is 1.79 bits per heavy atom. The summed E-state index contributed by atoms with van der Waals surface area (Å²) in [5, 5.41) is 0. The van der Waals surface area contributed by atoms with Gasteiger partial charge in [-0.2, -0.15) is 0 Å². The highest BCUT2D eigenvalue weighted by atomic mass is 16.1. The maximum atomic E-state index is 11.2. The molecule has 0 aliphatic heterocycles. The van der Waals surface area contributed by atoms with Gasteiger partial charge in [0.25, 0.3) is 0 Å². The minimum Gasteiger partial charge on any atom is -0.366 e. The quantitative estimate of drug-likeness (QED) is 0.630. The Kier molecular flexibility index (Phi) is 3.16. The van der Waals surface area contributed by atoms with Crippen LogP contribution in [0.2, 0.25) is 0 Å². The molecule has 2 aromatic heterocycles. The molecule has 4 rings (SSSR count). The average molecular weight is 317 g/mol. The van der Waals surface area contributed by atoms with Crippen molar-refractivity contribution in [3.05, 3.63) is 66.5 Å². The number of nitrogens with zero attached hydrogens (tertiary/aromatic N) is 4. The number of hydrogen-bond acceptors (Lipinski definition) is 3. The van der Waals surface area contributed by atoms with Crippen LogP contribution in [0.4, 0.5) is 0 Å². The van der Waals surface area contributed by atoms with Crippen LogP contribution in [0, 0.1) is 0 Å². The van der Waals surface area contributed by atoms with Crippen molar-refractivity contribution >= 4 is 16.9 Å². The fourth-order valence-electron chi connectivity index (χ4n) is 2.81. The van der Waals surface area contributed by atoms with Gasteiger partial charge < -0.3 is 10.3 Å². The first-order chi connectivity index (χ1) is 11.6. The molecule has 0 atom stereocenters. The normalized spacial score (nSPS) is 11.0. The first kappa shape index (κ1) is 14.2. The van der Waals surface area contributed by atoms with Gasteiger partial charge in [0.15, 0.2) is 11.6 Å². The van der Waals surface area contributed by atoms with Crippen LogP contribution in [0.5, 0.6) is 0 Å². The first-order valence-corrected chi connectivity index (χ1v) is 7.50. The molecule has 0 spiro atoms. The van der Waals surface area contributed by atoms with Crippen molar-refractivity contribution in [1.29, 1.82) is 0 Å². The molecule has 6 heteroatoms. The minimum absolute atomic E-state index is 0.442. The lowest BCUT2D eigenvalue weighted by atomic mass is 10.2. The van der Waals surface area contributed by atoms with Crippen LogP contribution in [-0.4, -0.2) is 25.0 Å². The van der Waals surface area contributed by atoms with Crippen molar-refractivity contribution in [2.45, 2.75) is 0 Å². The molecular formula is C18H15N5O. The van der Waals surface area contributed by atoms with E-state index in [0.717, 1.165) is 28.4 Å². The van der Waals surface area contributed by atoms with Gasteiger partial charge >= 0.3 is 0 Å². The van der Waals surface area contributed by atoms with Crippen LogP contribution < -0.4 is 5.73 Å². The lowest BCUT2D eigenvalue weighted by Crippen LogP contribution is -2.10. The zero-order valence-electron chi connectivity index (χ0n) is 13.0. The van der Waals surface area contributed by atoms with Crippen molar-refractivity contribution in [3.63, 3.8) is 0 Å². The van der Waals surface area contributed by atoms with Gasteiger partial charge in [-0.05, 0) is 36.4 Å². The summed E-state index contributed by atoms with van der Waals surface area (Å²) in [6.45, 7) is 0. The van der Waals surface area contributed by atoms with Gasteiger partial charge in [0.2, 0.25) is 5.91 Å². The van der Waals surface area contributed by atoms with Crippen LogP contribution in [-0.2, 0) is 7.05 Å². The topological polar surface area (TPSA) is 78.7 Å². The number of amides is 1. The molecule has 0 unspecified atom stereocenters. The van der Waals surface area contributed by atoms with Crippen LogP contribution in [0.25, 0.3) is 28.4 Å². The van der Waals surface area contributed by atoms with Crippen LogP contribution in [0.3, 0.4) is 0 Å². The van der Waals surface area contributed by atoms with Crippen molar-refractivity contribution in [2.24, 2.45) is 12.8 Å². The summed E-state index contributed by atoms with van der Waals surface area (Å²) in [7, 11) is 1.97. The van der Waals surface area contributed by atoms with E-state index in [-0.39, 0.29) is 0 Å². The Labute approximate surface area is 138 Å². The SMILES string of the molecule is Cn1c(-c2nccn2-c2ccc(C(N)=O)cc2)nc2ccccc21. The molecule has 0 saturated heterocycles. The van der Waals surface area contributed by atoms with E-state index in [2.05, 4.69) is 4.98 Å². The summed E-state index contributed by atoms with van der Waals surface area (Å²) in [5.74, 6) is 1.07. The number of aromatic nitrogens is 4. The number of hydrogen-bond donors (Lipinski definition) is 1. The van der Waals surface area contributed by atoms with Gasteiger partial charge in [-0.3, -0.25) is 9.36 Å². The molecule has 0 aliphatic carbocycles. The Morgan fingerprint density at radius 3 is 2.50 bits per heavy atom. The zero-order valence-corrected chi connectivity index (χ0v) is 13.0. The number of carbonyl (C=O) groups is 1. The number of fused-ring (bicyclic) bond motifs is 1. The maximum Gasteiger partial charge on any atom is 0.248 e. The molecular weight excluding hydrogens is 302 g/mol. The van der Waals surface area contributed by atoms with Gasteiger partial charge in [-0.1, -0.05) is 12.1 Å². The van der Waals surface area contributed by atoms with Crippen molar-refractivity contribution in [1.82, 2.24) is 19.1 Å². The van der Waals surface area contributed by atoms with Crippen LogP contribution in [0.15, 0.2) is 60.9 Å². The molecule has 2 N–H and O–H groups in total. The number of primary amides is 1. The third-order valence-corrected chi connectivity index (χ3v) is 4.06. The number of carbonyl (C=O) groups excluding carboxylic acids is 1. The fourth-order valence-corrected chi connectivity index (χ4v) is 2.81. The number of imidazole rings is 2. The van der Waals surface area contributed by atoms with Gasteiger partial charge in [0.05, 0.1) is 11.0 Å². The standard InChI is InChI=1S/C18H15N5O/c1-22-15-5-3-2-4-14(15)21-18(22)17-20-10-11-23(17)13-8-6-12(7-9-13)16(19)24/h2-11H,1H3,(H2,19,24). The summed E-state index contributed by atoms with van der Waals surface area (Å²) >= 11 is 0. The largest absolute Gasteiger partial charge is 0.366 e. The molecule has 0 fully saturated rings. The van der Waals surface area contributed by atoms with Crippen LogP contribution in [0.1, 0.15) is 10.4 Å².